The summed E-state index contributed by atoms with van der Waals surface area (Å²) in [5.74, 6) is 0. The molecule has 1 aromatic carbocycles. The number of thiazole rings is 1. The van der Waals surface area contributed by atoms with Crippen molar-refractivity contribution in [3.63, 3.8) is 0 Å². The first kappa shape index (κ1) is 8.83. The molecular formula is C9H7N3OS. The predicted molar refractivity (Wildman–Crippen MR) is 57.4 cm³/mol. The number of hydrogen-bond acceptors (Lipinski definition) is 5. The van der Waals surface area contributed by atoms with E-state index >= 15 is 0 Å². The molecule has 0 bridgehead atoms. The number of nitroso groups, excluding NO2 is 1. The summed E-state index contributed by atoms with van der Waals surface area (Å²) in [6.45, 7) is 0. The van der Waals surface area contributed by atoms with Crippen LogP contribution in [0.15, 0.2) is 34.3 Å². The Morgan fingerprint density at radius 1 is 1.43 bits per heavy atom. The van der Waals surface area contributed by atoms with Crippen LogP contribution in [0.1, 0.15) is 0 Å². The van der Waals surface area contributed by atoms with E-state index in [1.807, 2.05) is 5.38 Å². The van der Waals surface area contributed by atoms with Crippen LogP contribution >= 0.6 is 11.3 Å². The molecule has 4 nitrogen and oxygen atoms in total. The minimum absolute atomic E-state index is 0.268. The van der Waals surface area contributed by atoms with Crippen LogP contribution in [0.2, 0.25) is 0 Å². The number of aromatic nitrogens is 1. The Morgan fingerprint density at radius 3 is 2.86 bits per heavy atom. The summed E-state index contributed by atoms with van der Waals surface area (Å²) in [5, 5.41) is 4.72. The average molecular weight is 205 g/mol. The highest BCUT2D eigenvalue weighted by Crippen LogP contribution is 2.28. The van der Waals surface area contributed by atoms with E-state index in [4.69, 9.17) is 5.73 Å². The van der Waals surface area contributed by atoms with Crippen LogP contribution in [-0.2, 0) is 0 Å². The molecular weight excluding hydrogens is 198 g/mol. The van der Waals surface area contributed by atoms with Crippen molar-refractivity contribution in [2.75, 3.05) is 5.73 Å². The van der Waals surface area contributed by atoms with Gasteiger partial charge in [-0.2, -0.15) is 0 Å². The predicted octanol–water partition coefficient (Wildman–Crippen LogP) is 2.79. The summed E-state index contributed by atoms with van der Waals surface area (Å²) in [7, 11) is 0. The fourth-order valence-corrected chi connectivity index (χ4v) is 1.71. The van der Waals surface area contributed by atoms with Crippen molar-refractivity contribution in [2.24, 2.45) is 5.18 Å². The largest absolute Gasteiger partial charge is 0.397 e. The van der Waals surface area contributed by atoms with Gasteiger partial charge in [-0.3, -0.25) is 0 Å². The molecule has 0 saturated heterocycles. The first-order valence-corrected chi connectivity index (χ1v) is 4.87. The second-order valence-electron chi connectivity index (χ2n) is 2.74. The van der Waals surface area contributed by atoms with Gasteiger partial charge in [0, 0.05) is 10.9 Å². The normalized spacial score (nSPS) is 10.0. The first-order valence-electron chi connectivity index (χ1n) is 3.92. The van der Waals surface area contributed by atoms with Gasteiger partial charge in [0.05, 0.1) is 16.9 Å². The fraction of sp³-hybridized carbons (Fsp3) is 0. The smallest absolute Gasteiger partial charge is 0.130 e. The van der Waals surface area contributed by atoms with E-state index in [0.717, 1.165) is 11.3 Å². The Balaban J connectivity index is 2.48. The van der Waals surface area contributed by atoms with Crippen molar-refractivity contribution in [3.05, 3.63) is 34.0 Å². The van der Waals surface area contributed by atoms with Crippen LogP contribution in [0.25, 0.3) is 11.3 Å². The van der Waals surface area contributed by atoms with Crippen molar-refractivity contribution in [3.8, 4) is 11.3 Å². The zero-order valence-electron chi connectivity index (χ0n) is 7.18. The molecule has 0 fully saturated rings. The van der Waals surface area contributed by atoms with E-state index in [1.165, 1.54) is 11.3 Å². The molecule has 2 N–H and O–H groups in total. The quantitative estimate of drug-likeness (QED) is 0.605. The molecule has 14 heavy (non-hydrogen) atoms. The minimum atomic E-state index is 0.268. The first-order chi connectivity index (χ1) is 6.81. The molecule has 0 aliphatic carbocycles. The molecule has 5 heteroatoms. The number of nitrogens with zero attached hydrogens (tertiary/aromatic N) is 2. The van der Waals surface area contributed by atoms with Crippen molar-refractivity contribution in [1.29, 1.82) is 0 Å². The van der Waals surface area contributed by atoms with Gasteiger partial charge >= 0.3 is 0 Å². The maximum Gasteiger partial charge on any atom is 0.130 e. The molecule has 0 spiro atoms. The number of nitrogen functional groups attached to an aromatic ring is 1. The molecule has 0 unspecified atom stereocenters. The lowest BCUT2D eigenvalue weighted by atomic mass is 10.1. The molecule has 1 heterocycles. The van der Waals surface area contributed by atoms with E-state index in [1.54, 1.807) is 23.7 Å². The SMILES string of the molecule is Nc1cc(-c2cscn2)ccc1N=O. The number of hydrogen-bond donors (Lipinski definition) is 1. The van der Waals surface area contributed by atoms with Crippen LogP contribution in [0.5, 0.6) is 0 Å². The van der Waals surface area contributed by atoms with Gasteiger partial charge in [-0.25, -0.2) is 4.98 Å². The third kappa shape index (κ3) is 1.49. The highest BCUT2D eigenvalue weighted by atomic mass is 32.1. The lowest BCUT2D eigenvalue weighted by molar-refractivity contribution is 1.40. The minimum Gasteiger partial charge on any atom is -0.397 e. The Morgan fingerprint density at radius 2 is 2.29 bits per heavy atom. The lowest BCUT2D eigenvalue weighted by Gasteiger charge is -2.00. The Kier molecular flexibility index (Phi) is 2.24. The molecule has 0 aliphatic heterocycles. The monoisotopic (exact) mass is 205 g/mol. The molecule has 1 aromatic heterocycles. The van der Waals surface area contributed by atoms with Crippen LogP contribution in [0, 0.1) is 4.91 Å². The molecule has 2 aromatic rings. The van der Waals surface area contributed by atoms with Crippen LogP contribution in [0.4, 0.5) is 11.4 Å². The molecule has 70 valence electrons. The number of benzene rings is 1. The third-order valence-electron chi connectivity index (χ3n) is 1.85. The highest BCUT2D eigenvalue weighted by molar-refractivity contribution is 7.07. The molecule has 0 radical (unpaired) electrons. The van der Waals surface area contributed by atoms with Gasteiger partial charge in [0.15, 0.2) is 0 Å². The van der Waals surface area contributed by atoms with E-state index < -0.39 is 0 Å². The molecule has 0 amide bonds. The average Bonchev–Trinajstić information content (AvgIpc) is 2.70. The zero-order chi connectivity index (χ0) is 9.97. The third-order valence-corrected chi connectivity index (χ3v) is 2.44. The Bertz CT molecular complexity index is 453. The zero-order valence-corrected chi connectivity index (χ0v) is 7.99. The van der Waals surface area contributed by atoms with Gasteiger partial charge in [-0.1, -0.05) is 6.07 Å². The number of anilines is 1. The van der Waals surface area contributed by atoms with Crippen LogP contribution in [0.3, 0.4) is 0 Å². The van der Waals surface area contributed by atoms with Gasteiger partial charge in [-0.05, 0) is 17.3 Å². The van der Waals surface area contributed by atoms with Gasteiger partial charge in [0.1, 0.15) is 5.69 Å². The van der Waals surface area contributed by atoms with Crippen molar-refractivity contribution in [2.45, 2.75) is 0 Å². The molecule has 2 rings (SSSR count). The van der Waals surface area contributed by atoms with Crippen LogP contribution in [-0.4, -0.2) is 4.98 Å². The summed E-state index contributed by atoms with van der Waals surface area (Å²) in [6.07, 6.45) is 0. The number of nitrogens with two attached hydrogens (primary N) is 1. The van der Waals surface area contributed by atoms with Gasteiger partial charge in [0.25, 0.3) is 0 Å². The Hall–Kier alpha value is -1.75. The van der Waals surface area contributed by atoms with Gasteiger partial charge < -0.3 is 5.73 Å². The van der Waals surface area contributed by atoms with E-state index in [-0.39, 0.29) is 5.69 Å². The van der Waals surface area contributed by atoms with Crippen molar-refractivity contribution < 1.29 is 0 Å². The van der Waals surface area contributed by atoms with Gasteiger partial charge in [-0.15, -0.1) is 16.2 Å². The van der Waals surface area contributed by atoms with E-state index in [2.05, 4.69) is 10.2 Å². The summed E-state index contributed by atoms with van der Waals surface area (Å²) in [4.78, 5) is 14.4. The lowest BCUT2D eigenvalue weighted by Crippen LogP contribution is -1.86. The van der Waals surface area contributed by atoms with Crippen molar-refractivity contribution in [1.82, 2.24) is 4.98 Å². The highest BCUT2D eigenvalue weighted by Gasteiger charge is 2.03. The van der Waals surface area contributed by atoms with E-state index in [9.17, 15) is 4.91 Å². The topological polar surface area (TPSA) is 68.3 Å². The summed E-state index contributed by atoms with van der Waals surface area (Å²) in [6, 6.07) is 5.07. The van der Waals surface area contributed by atoms with Crippen molar-refractivity contribution >= 4 is 22.7 Å². The summed E-state index contributed by atoms with van der Waals surface area (Å²) >= 11 is 1.51. The maximum atomic E-state index is 10.3. The number of rotatable bonds is 2. The summed E-state index contributed by atoms with van der Waals surface area (Å²) < 4.78 is 0. The molecule has 0 aliphatic rings. The fourth-order valence-electron chi connectivity index (χ4n) is 1.15. The standard InChI is InChI=1S/C9H7N3OS/c10-7-3-6(1-2-8(7)12-13)9-4-14-5-11-9/h1-5H,10H2. The second-order valence-corrected chi connectivity index (χ2v) is 3.46. The maximum absolute atomic E-state index is 10.3. The summed E-state index contributed by atoms with van der Waals surface area (Å²) in [5.41, 5.74) is 9.77. The molecule has 0 atom stereocenters. The van der Waals surface area contributed by atoms with Crippen LogP contribution < -0.4 is 5.73 Å². The van der Waals surface area contributed by atoms with E-state index in [0.29, 0.717) is 5.69 Å². The van der Waals surface area contributed by atoms with Gasteiger partial charge in [0.2, 0.25) is 0 Å². The second kappa shape index (κ2) is 3.55. The molecule has 0 saturated carbocycles. The Labute approximate surface area is 84.4 Å².